The van der Waals surface area contributed by atoms with Crippen molar-refractivity contribution in [2.45, 2.75) is 31.7 Å². The Hall–Kier alpha value is -0.800. The van der Waals surface area contributed by atoms with Gasteiger partial charge in [-0.15, -0.1) is 11.6 Å². The summed E-state index contributed by atoms with van der Waals surface area (Å²) >= 11 is 11.5. The van der Waals surface area contributed by atoms with Crippen molar-refractivity contribution in [1.29, 1.82) is 0 Å². The molecule has 2 nitrogen and oxygen atoms in total. The molecule has 1 aromatic rings. The third-order valence-corrected chi connectivity index (χ3v) is 3.46. The summed E-state index contributed by atoms with van der Waals surface area (Å²) in [4.78, 5) is 11.8. The Labute approximate surface area is 110 Å². The quantitative estimate of drug-likeness (QED) is 0.841. The van der Waals surface area contributed by atoms with E-state index < -0.39 is 11.4 Å². The maximum atomic E-state index is 13.2. The standard InChI is InChI=1S/C12H14Cl2FNO/c1-7(13)12(2,3)16-11(17)8-4-5-9(14)10(15)6-8/h4-7H,1-3H3,(H,16,17). The molecule has 17 heavy (non-hydrogen) atoms. The van der Waals surface area contributed by atoms with Crippen molar-refractivity contribution in [3.8, 4) is 0 Å². The zero-order chi connectivity index (χ0) is 13.2. The summed E-state index contributed by atoms with van der Waals surface area (Å²) in [6, 6.07) is 3.92. The van der Waals surface area contributed by atoms with Crippen LogP contribution in [0.3, 0.4) is 0 Å². The highest BCUT2D eigenvalue weighted by Crippen LogP contribution is 2.18. The van der Waals surface area contributed by atoms with Crippen LogP contribution in [0.1, 0.15) is 31.1 Å². The van der Waals surface area contributed by atoms with Gasteiger partial charge in [0.1, 0.15) is 5.82 Å². The molecule has 1 aromatic carbocycles. The van der Waals surface area contributed by atoms with Crippen LogP contribution in [0.4, 0.5) is 4.39 Å². The smallest absolute Gasteiger partial charge is 0.251 e. The van der Waals surface area contributed by atoms with Gasteiger partial charge < -0.3 is 5.32 Å². The van der Waals surface area contributed by atoms with Crippen molar-refractivity contribution < 1.29 is 9.18 Å². The Kier molecular flexibility index (Phi) is 4.39. The van der Waals surface area contributed by atoms with Crippen LogP contribution in [0, 0.1) is 5.82 Å². The maximum absolute atomic E-state index is 13.2. The molecular weight excluding hydrogens is 264 g/mol. The fraction of sp³-hybridized carbons (Fsp3) is 0.417. The normalized spacial score (nSPS) is 13.3. The molecular formula is C12H14Cl2FNO. The lowest BCUT2D eigenvalue weighted by Gasteiger charge is -2.29. The summed E-state index contributed by atoms with van der Waals surface area (Å²) < 4.78 is 13.2. The van der Waals surface area contributed by atoms with Gasteiger partial charge in [-0.1, -0.05) is 11.6 Å². The summed E-state index contributed by atoms with van der Waals surface area (Å²) in [6.45, 7) is 5.38. The Morgan fingerprint density at radius 3 is 2.53 bits per heavy atom. The molecule has 0 aliphatic rings. The van der Waals surface area contributed by atoms with Crippen LogP contribution in [0.5, 0.6) is 0 Å². The van der Waals surface area contributed by atoms with Gasteiger partial charge in [0.05, 0.1) is 15.9 Å². The van der Waals surface area contributed by atoms with Crippen LogP contribution >= 0.6 is 23.2 Å². The summed E-state index contributed by atoms with van der Waals surface area (Å²) in [5.41, 5.74) is -0.355. The molecule has 1 rings (SSSR count). The molecule has 0 spiro atoms. The lowest BCUT2D eigenvalue weighted by molar-refractivity contribution is 0.0912. The Morgan fingerprint density at radius 2 is 2.06 bits per heavy atom. The molecule has 1 atom stereocenters. The van der Waals surface area contributed by atoms with Gasteiger partial charge in [0.25, 0.3) is 5.91 Å². The largest absolute Gasteiger partial charge is 0.346 e. The average Bonchev–Trinajstić information content (AvgIpc) is 2.21. The van der Waals surface area contributed by atoms with Crippen molar-refractivity contribution in [2.75, 3.05) is 0 Å². The monoisotopic (exact) mass is 277 g/mol. The molecule has 0 bridgehead atoms. The first kappa shape index (κ1) is 14.3. The SMILES string of the molecule is CC(Cl)C(C)(C)NC(=O)c1ccc(Cl)c(F)c1. The van der Waals surface area contributed by atoms with Crippen LogP contribution in [-0.2, 0) is 0 Å². The minimum atomic E-state index is -0.615. The van der Waals surface area contributed by atoms with Crippen molar-refractivity contribution in [3.63, 3.8) is 0 Å². The summed E-state index contributed by atoms with van der Waals surface area (Å²) in [5.74, 6) is -0.992. The molecule has 0 saturated heterocycles. The second kappa shape index (κ2) is 5.23. The van der Waals surface area contributed by atoms with Crippen molar-refractivity contribution in [1.82, 2.24) is 5.32 Å². The summed E-state index contributed by atoms with van der Waals surface area (Å²) in [5, 5.41) is 2.48. The third-order valence-electron chi connectivity index (χ3n) is 2.61. The van der Waals surface area contributed by atoms with Crippen LogP contribution < -0.4 is 5.32 Å². The highest BCUT2D eigenvalue weighted by Gasteiger charge is 2.26. The van der Waals surface area contributed by atoms with Gasteiger partial charge in [0.2, 0.25) is 0 Å². The first-order valence-electron chi connectivity index (χ1n) is 5.15. The summed E-state index contributed by atoms with van der Waals surface area (Å²) in [7, 11) is 0. The molecule has 1 unspecified atom stereocenters. The van der Waals surface area contributed by atoms with E-state index in [1.54, 1.807) is 20.8 Å². The molecule has 0 aromatic heterocycles. The highest BCUT2D eigenvalue weighted by molar-refractivity contribution is 6.30. The van der Waals surface area contributed by atoms with Crippen molar-refractivity contribution >= 4 is 29.1 Å². The first-order valence-corrected chi connectivity index (χ1v) is 5.97. The number of hydrogen-bond donors (Lipinski definition) is 1. The van der Waals surface area contributed by atoms with E-state index in [0.29, 0.717) is 0 Å². The predicted octanol–water partition coefficient (Wildman–Crippen LogP) is 3.61. The van der Waals surface area contributed by atoms with E-state index in [-0.39, 0.29) is 21.9 Å². The molecule has 1 amide bonds. The minimum absolute atomic E-state index is 0.00785. The predicted molar refractivity (Wildman–Crippen MR) is 68.3 cm³/mol. The fourth-order valence-electron chi connectivity index (χ4n) is 1.10. The number of alkyl halides is 1. The van der Waals surface area contributed by atoms with Crippen LogP contribution in [0.15, 0.2) is 18.2 Å². The van der Waals surface area contributed by atoms with Crippen LogP contribution in [-0.4, -0.2) is 16.8 Å². The van der Waals surface area contributed by atoms with Gasteiger partial charge in [-0.2, -0.15) is 0 Å². The third kappa shape index (κ3) is 3.58. The van der Waals surface area contributed by atoms with Gasteiger partial charge in [0.15, 0.2) is 0 Å². The Morgan fingerprint density at radius 1 is 1.47 bits per heavy atom. The molecule has 0 aliphatic heterocycles. The number of carbonyl (C=O) groups excluding carboxylic acids is 1. The van der Waals surface area contributed by atoms with E-state index in [9.17, 15) is 9.18 Å². The molecule has 0 radical (unpaired) electrons. The van der Waals surface area contributed by atoms with E-state index in [1.807, 2.05) is 0 Å². The Balaban J connectivity index is 2.87. The zero-order valence-corrected chi connectivity index (χ0v) is 11.4. The fourth-order valence-corrected chi connectivity index (χ4v) is 1.27. The average molecular weight is 278 g/mol. The number of amides is 1. The molecule has 1 N–H and O–H groups in total. The second-order valence-corrected chi connectivity index (χ2v) is 5.48. The van der Waals surface area contributed by atoms with Gasteiger partial charge in [-0.3, -0.25) is 4.79 Å². The maximum Gasteiger partial charge on any atom is 0.251 e. The van der Waals surface area contributed by atoms with E-state index >= 15 is 0 Å². The molecule has 5 heteroatoms. The van der Waals surface area contributed by atoms with E-state index in [4.69, 9.17) is 23.2 Å². The second-order valence-electron chi connectivity index (χ2n) is 4.42. The number of hydrogen-bond acceptors (Lipinski definition) is 1. The molecule has 94 valence electrons. The van der Waals surface area contributed by atoms with Gasteiger partial charge >= 0.3 is 0 Å². The molecule has 0 aliphatic carbocycles. The van der Waals surface area contributed by atoms with Gasteiger partial charge in [-0.25, -0.2) is 4.39 Å². The van der Waals surface area contributed by atoms with Crippen LogP contribution in [0.2, 0.25) is 5.02 Å². The molecule has 0 fully saturated rings. The number of carbonyl (C=O) groups is 1. The van der Waals surface area contributed by atoms with E-state index in [0.717, 1.165) is 6.07 Å². The lowest BCUT2D eigenvalue weighted by Crippen LogP contribution is -2.49. The molecule has 0 heterocycles. The topological polar surface area (TPSA) is 29.1 Å². The number of nitrogens with one attached hydrogen (secondary N) is 1. The first-order chi connectivity index (χ1) is 7.74. The zero-order valence-electron chi connectivity index (χ0n) is 9.85. The van der Waals surface area contributed by atoms with Gasteiger partial charge in [0, 0.05) is 5.56 Å². The summed E-state index contributed by atoms with van der Waals surface area (Å²) in [6.07, 6.45) is 0. The molecule has 0 saturated carbocycles. The van der Waals surface area contributed by atoms with Crippen molar-refractivity contribution in [2.24, 2.45) is 0 Å². The van der Waals surface area contributed by atoms with Gasteiger partial charge in [-0.05, 0) is 39.0 Å². The number of halogens is 3. The highest BCUT2D eigenvalue weighted by atomic mass is 35.5. The number of benzene rings is 1. The minimum Gasteiger partial charge on any atom is -0.346 e. The lowest BCUT2D eigenvalue weighted by atomic mass is 10.0. The van der Waals surface area contributed by atoms with E-state index in [2.05, 4.69) is 5.32 Å². The van der Waals surface area contributed by atoms with Crippen molar-refractivity contribution in [3.05, 3.63) is 34.6 Å². The number of rotatable bonds is 3. The Bertz CT molecular complexity index is 433. The van der Waals surface area contributed by atoms with Crippen LogP contribution in [0.25, 0.3) is 0 Å². The van der Waals surface area contributed by atoms with E-state index in [1.165, 1.54) is 12.1 Å².